The Morgan fingerprint density at radius 3 is 2.33 bits per heavy atom. The molecule has 0 spiro atoms. The molecular formula is C8H12ClN3. The van der Waals surface area contributed by atoms with Crippen LogP contribution in [0.1, 0.15) is 26.5 Å². The van der Waals surface area contributed by atoms with Crippen molar-refractivity contribution in [1.82, 2.24) is 9.97 Å². The van der Waals surface area contributed by atoms with Crippen molar-refractivity contribution in [1.29, 1.82) is 0 Å². The Bertz CT molecular complexity index is 271. The molecule has 0 amide bonds. The summed E-state index contributed by atoms with van der Waals surface area (Å²) in [6.45, 7) is 6.14. The summed E-state index contributed by atoms with van der Waals surface area (Å²) in [7, 11) is 0. The maximum atomic E-state index is 5.65. The van der Waals surface area contributed by atoms with E-state index in [-0.39, 0.29) is 10.7 Å². The van der Waals surface area contributed by atoms with E-state index in [1.165, 1.54) is 0 Å². The van der Waals surface area contributed by atoms with Crippen molar-refractivity contribution >= 4 is 17.4 Å². The third-order valence-electron chi connectivity index (χ3n) is 1.49. The molecular weight excluding hydrogens is 174 g/mol. The second-order valence-electron chi connectivity index (χ2n) is 3.70. The molecule has 1 aromatic rings. The Hall–Kier alpha value is -0.830. The average Bonchev–Trinajstić information content (AvgIpc) is 1.82. The van der Waals surface area contributed by atoms with Crippen LogP contribution in [0.25, 0.3) is 0 Å². The minimum atomic E-state index is -0.0410. The molecule has 2 N–H and O–H groups in total. The Kier molecular flexibility index (Phi) is 2.24. The average molecular weight is 186 g/mol. The summed E-state index contributed by atoms with van der Waals surface area (Å²) in [6, 6.07) is 1.74. The van der Waals surface area contributed by atoms with Crippen LogP contribution in [0.5, 0.6) is 0 Å². The van der Waals surface area contributed by atoms with E-state index in [4.69, 9.17) is 17.3 Å². The first-order valence-electron chi connectivity index (χ1n) is 3.70. The van der Waals surface area contributed by atoms with Crippen LogP contribution in [0.2, 0.25) is 5.28 Å². The molecule has 12 heavy (non-hydrogen) atoms. The molecule has 0 radical (unpaired) electrons. The molecule has 1 heterocycles. The monoisotopic (exact) mass is 185 g/mol. The first kappa shape index (κ1) is 9.26. The zero-order valence-electron chi connectivity index (χ0n) is 7.43. The summed E-state index contributed by atoms with van der Waals surface area (Å²) in [5.74, 6) is 0.417. The molecule has 0 aromatic carbocycles. The van der Waals surface area contributed by atoms with Gasteiger partial charge in [-0.2, -0.15) is 0 Å². The van der Waals surface area contributed by atoms with Crippen molar-refractivity contribution in [3.05, 3.63) is 17.0 Å². The van der Waals surface area contributed by atoms with E-state index in [1.807, 2.05) is 20.8 Å². The fourth-order valence-electron chi connectivity index (χ4n) is 0.820. The normalized spacial score (nSPS) is 11.7. The zero-order valence-corrected chi connectivity index (χ0v) is 8.18. The highest BCUT2D eigenvalue weighted by Crippen LogP contribution is 2.22. The van der Waals surface area contributed by atoms with Gasteiger partial charge < -0.3 is 5.73 Å². The molecule has 1 rings (SSSR count). The number of nitrogens with zero attached hydrogens (tertiary/aromatic N) is 2. The number of hydrogen-bond acceptors (Lipinski definition) is 3. The predicted octanol–water partition coefficient (Wildman–Crippen LogP) is 2.01. The first-order chi connectivity index (χ1) is 5.39. The Balaban J connectivity index is 3.18. The number of rotatable bonds is 0. The van der Waals surface area contributed by atoms with Crippen LogP contribution >= 0.6 is 11.6 Å². The number of hydrogen-bond donors (Lipinski definition) is 1. The molecule has 0 atom stereocenters. The fourth-order valence-corrected chi connectivity index (χ4v) is 1.01. The van der Waals surface area contributed by atoms with Gasteiger partial charge in [0.25, 0.3) is 0 Å². The van der Waals surface area contributed by atoms with Gasteiger partial charge in [-0.05, 0) is 11.6 Å². The van der Waals surface area contributed by atoms with Gasteiger partial charge in [0, 0.05) is 11.5 Å². The smallest absolute Gasteiger partial charge is 0.224 e. The van der Waals surface area contributed by atoms with E-state index >= 15 is 0 Å². The van der Waals surface area contributed by atoms with Crippen LogP contribution in [-0.4, -0.2) is 9.97 Å². The second kappa shape index (κ2) is 2.90. The molecule has 0 bridgehead atoms. The Labute approximate surface area is 77.0 Å². The van der Waals surface area contributed by atoms with Crippen LogP contribution < -0.4 is 5.73 Å². The van der Waals surface area contributed by atoms with Crippen molar-refractivity contribution < 1.29 is 0 Å². The number of anilines is 1. The third-order valence-corrected chi connectivity index (χ3v) is 1.66. The molecule has 4 heteroatoms. The minimum absolute atomic E-state index is 0.0410. The lowest BCUT2D eigenvalue weighted by molar-refractivity contribution is 0.567. The molecule has 0 aliphatic heterocycles. The molecule has 0 fully saturated rings. The summed E-state index contributed by atoms with van der Waals surface area (Å²) in [5.41, 5.74) is 6.34. The van der Waals surface area contributed by atoms with E-state index in [2.05, 4.69) is 9.97 Å². The third kappa shape index (κ3) is 2.08. The van der Waals surface area contributed by atoms with E-state index in [1.54, 1.807) is 6.07 Å². The van der Waals surface area contributed by atoms with E-state index in [0.717, 1.165) is 5.69 Å². The quantitative estimate of drug-likeness (QED) is 0.630. The molecule has 3 nitrogen and oxygen atoms in total. The van der Waals surface area contributed by atoms with Gasteiger partial charge in [0.1, 0.15) is 5.82 Å². The topological polar surface area (TPSA) is 51.8 Å². The second-order valence-corrected chi connectivity index (χ2v) is 4.04. The van der Waals surface area contributed by atoms with Gasteiger partial charge in [-0.15, -0.1) is 0 Å². The summed E-state index contributed by atoms with van der Waals surface area (Å²) < 4.78 is 0. The molecule has 66 valence electrons. The highest BCUT2D eigenvalue weighted by molar-refractivity contribution is 6.28. The van der Waals surface area contributed by atoms with Crippen molar-refractivity contribution in [3.8, 4) is 0 Å². The van der Waals surface area contributed by atoms with Crippen LogP contribution in [-0.2, 0) is 5.41 Å². The summed E-state index contributed by atoms with van der Waals surface area (Å²) in [6.07, 6.45) is 0. The molecule has 0 saturated carbocycles. The minimum Gasteiger partial charge on any atom is -0.384 e. The summed E-state index contributed by atoms with van der Waals surface area (Å²) >= 11 is 5.65. The standard InChI is InChI=1S/C8H12ClN3/c1-8(2,3)5-4-6(10)12-7(9)11-5/h4H,1-3H3,(H2,10,11,12). The highest BCUT2D eigenvalue weighted by Gasteiger charge is 2.16. The maximum absolute atomic E-state index is 5.65. The highest BCUT2D eigenvalue weighted by atomic mass is 35.5. The number of nitrogen functional groups attached to an aromatic ring is 1. The van der Waals surface area contributed by atoms with Gasteiger partial charge in [-0.1, -0.05) is 20.8 Å². The zero-order chi connectivity index (χ0) is 9.35. The van der Waals surface area contributed by atoms with Gasteiger partial charge in [-0.25, -0.2) is 9.97 Å². The molecule has 0 aliphatic rings. The molecule has 0 saturated heterocycles. The first-order valence-corrected chi connectivity index (χ1v) is 4.08. The number of nitrogens with two attached hydrogens (primary N) is 1. The van der Waals surface area contributed by atoms with Crippen LogP contribution in [0, 0.1) is 0 Å². The van der Waals surface area contributed by atoms with Gasteiger partial charge in [0.15, 0.2) is 0 Å². The summed E-state index contributed by atoms with van der Waals surface area (Å²) in [4.78, 5) is 7.86. The predicted molar refractivity (Wildman–Crippen MR) is 50.2 cm³/mol. The van der Waals surface area contributed by atoms with Gasteiger partial charge in [0.05, 0.1) is 5.69 Å². The molecule has 1 aromatic heterocycles. The van der Waals surface area contributed by atoms with Crippen molar-refractivity contribution in [3.63, 3.8) is 0 Å². The Morgan fingerprint density at radius 1 is 1.33 bits per heavy atom. The van der Waals surface area contributed by atoms with Crippen LogP contribution in [0.15, 0.2) is 6.07 Å². The number of halogens is 1. The maximum Gasteiger partial charge on any atom is 0.224 e. The van der Waals surface area contributed by atoms with Crippen LogP contribution in [0.3, 0.4) is 0 Å². The Morgan fingerprint density at radius 2 is 1.92 bits per heavy atom. The number of aromatic nitrogens is 2. The lowest BCUT2D eigenvalue weighted by Gasteiger charge is -2.17. The SMILES string of the molecule is CC(C)(C)c1cc(N)nc(Cl)n1. The van der Waals surface area contributed by atoms with Crippen molar-refractivity contribution in [2.75, 3.05) is 5.73 Å². The lowest BCUT2D eigenvalue weighted by Crippen LogP contribution is -2.14. The van der Waals surface area contributed by atoms with Crippen molar-refractivity contribution in [2.24, 2.45) is 0 Å². The van der Waals surface area contributed by atoms with Crippen molar-refractivity contribution in [2.45, 2.75) is 26.2 Å². The fraction of sp³-hybridized carbons (Fsp3) is 0.500. The van der Waals surface area contributed by atoms with E-state index in [0.29, 0.717) is 5.82 Å². The van der Waals surface area contributed by atoms with Gasteiger partial charge in [0.2, 0.25) is 5.28 Å². The largest absolute Gasteiger partial charge is 0.384 e. The van der Waals surface area contributed by atoms with Gasteiger partial charge in [-0.3, -0.25) is 0 Å². The van der Waals surface area contributed by atoms with E-state index < -0.39 is 0 Å². The molecule has 0 aliphatic carbocycles. The lowest BCUT2D eigenvalue weighted by atomic mass is 9.92. The van der Waals surface area contributed by atoms with Gasteiger partial charge >= 0.3 is 0 Å². The molecule has 0 unspecified atom stereocenters. The van der Waals surface area contributed by atoms with Crippen LogP contribution in [0.4, 0.5) is 5.82 Å². The van der Waals surface area contributed by atoms with E-state index in [9.17, 15) is 0 Å². The summed E-state index contributed by atoms with van der Waals surface area (Å²) in [5, 5.41) is 0.208.